The number of carbonyl (C=O) groups excluding carboxylic acids is 2. The number of hydrogen-bond acceptors (Lipinski definition) is 4. The third kappa shape index (κ3) is 5.46. The number of ether oxygens (including phenoxy) is 1. The molecule has 1 saturated heterocycles. The van der Waals surface area contributed by atoms with Crippen molar-refractivity contribution in [2.75, 3.05) is 33.4 Å². The van der Waals surface area contributed by atoms with Gasteiger partial charge >= 0.3 is 0 Å². The first-order chi connectivity index (χ1) is 9.60. The lowest BCUT2D eigenvalue weighted by Gasteiger charge is -2.32. The maximum atomic E-state index is 11.9. The van der Waals surface area contributed by atoms with Gasteiger partial charge in [0.05, 0.1) is 0 Å². The monoisotopic (exact) mass is 285 g/mol. The third-order valence-electron chi connectivity index (χ3n) is 3.87. The van der Waals surface area contributed by atoms with Crippen LogP contribution >= 0.6 is 0 Å². The fourth-order valence-corrected chi connectivity index (χ4v) is 2.43. The number of nitrogens with zero attached hydrogens (tertiary/aromatic N) is 1. The van der Waals surface area contributed by atoms with Crippen molar-refractivity contribution in [2.24, 2.45) is 11.7 Å². The van der Waals surface area contributed by atoms with E-state index in [1.807, 2.05) is 6.92 Å². The van der Waals surface area contributed by atoms with Gasteiger partial charge in [0.1, 0.15) is 6.61 Å². The second-order valence-electron chi connectivity index (χ2n) is 5.37. The molecule has 1 atom stereocenters. The summed E-state index contributed by atoms with van der Waals surface area (Å²) in [5.41, 5.74) is 5.61. The number of methoxy groups -OCH3 is 1. The minimum Gasteiger partial charge on any atom is -0.375 e. The largest absolute Gasteiger partial charge is 0.375 e. The summed E-state index contributed by atoms with van der Waals surface area (Å²) in [6.45, 7) is 4.09. The number of rotatable bonds is 7. The molecule has 0 aromatic rings. The van der Waals surface area contributed by atoms with Gasteiger partial charge in [-0.05, 0) is 25.3 Å². The summed E-state index contributed by atoms with van der Waals surface area (Å²) in [5, 5.41) is 3.05. The standard InChI is InChI=1S/C14H27N3O3/c1-3-11(9-15)8-13(18)16-12-4-6-17(7-5-12)14(19)10-20-2/h11-12H,3-10,15H2,1-2H3,(H,16,18). The summed E-state index contributed by atoms with van der Waals surface area (Å²) in [7, 11) is 1.52. The summed E-state index contributed by atoms with van der Waals surface area (Å²) in [6.07, 6.45) is 3.03. The van der Waals surface area contributed by atoms with Gasteiger partial charge in [-0.3, -0.25) is 9.59 Å². The second kappa shape index (κ2) is 8.92. The minimum atomic E-state index is 0.0199. The van der Waals surface area contributed by atoms with Gasteiger partial charge in [0.15, 0.2) is 0 Å². The van der Waals surface area contributed by atoms with E-state index in [0.717, 1.165) is 19.3 Å². The van der Waals surface area contributed by atoms with Gasteiger partial charge in [0.25, 0.3) is 0 Å². The van der Waals surface area contributed by atoms with Crippen LogP contribution in [0.15, 0.2) is 0 Å². The molecule has 1 unspecified atom stereocenters. The first kappa shape index (κ1) is 16.9. The Morgan fingerprint density at radius 2 is 2.05 bits per heavy atom. The average molecular weight is 285 g/mol. The molecule has 6 heteroatoms. The molecule has 1 fully saturated rings. The Labute approximate surface area is 121 Å². The van der Waals surface area contributed by atoms with E-state index in [2.05, 4.69) is 5.32 Å². The number of amides is 2. The van der Waals surface area contributed by atoms with Crippen LogP contribution < -0.4 is 11.1 Å². The molecule has 0 spiro atoms. The zero-order valence-electron chi connectivity index (χ0n) is 12.6. The van der Waals surface area contributed by atoms with Crippen molar-refractivity contribution in [1.82, 2.24) is 10.2 Å². The number of piperidine rings is 1. The van der Waals surface area contributed by atoms with Gasteiger partial charge in [0, 0.05) is 32.7 Å². The zero-order valence-corrected chi connectivity index (χ0v) is 12.6. The highest BCUT2D eigenvalue weighted by Gasteiger charge is 2.24. The van der Waals surface area contributed by atoms with E-state index in [1.54, 1.807) is 4.90 Å². The topological polar surface area (TPSA) is 84.7 Å². The zero-order chi connectivity index (χ0) is 15.0. The predicted octanol–water partition coefficient (Wildman–Crippen LogP) is 0.115. The molecule has 0 aliphatic carbocycles. The van der Waals surface area contributed by atoms with Crippen LogP contribution in [0.2, 0.25) is 0 Å². The quantitative estimate of drug-likeness (QED) is 0.695. The lowest BCUT2D eigenvalue weighted by Crippen LogP contribution is -2.47. The molecule has 1 aliphatic rings. The Bertz CT molecular complexity index is 311. The van der Waals surface area contributed by atoms with Gasteiger partial charge < -0.3 is 20.7 Å². The van der Waals surface area contributed by atoms with E-state index in [4.69, 9.17) is 10.5 Å². The van der Waals surface area contributed by atoms with Gasteiger partial charge in [-0.15, -0.1) is 0 Å². The van der Waals surface area contributed by atoms with Crippen molar-refractivity contribution in [3.05, 3.63) is 0 Å². The van der Waals surface area contributed by atoms with E-state index in [0.29, 0.717) is 26.1 Å². The van der Waals surface area contributed by atoms with E-state index in [-0.39, 0.29) is 30.4 Å². The maximum Gasteiger partial charge on any atom is 0.248 e. The molecule has 0 aromatic heterocycles. The van der Waals surface area contributed by atoms with Crippen molar-refractivity contribution in [3.63, 3.8) is 0 Å². The smallest absolute Gasteiger partial charge is 0.248 e. The lowest BCUT2D eigenvalue weighted by molar-refractivity contribution is -0.136. The predicted molar refractivity (Wildman–Crippen MR) is 77.1 cm³/mol. The van der Waals surface area contributed by atoms with Crippen LogP contribution in [-0.4, -0.2) is 56.1 Å². The van der Waals surface area contributed by atoms with Crippen LogP contribution in [0.1, 0.15) is 32.6 Å². The molecule has 20 heavy (non-hydrogen) atoms. The van der Waals surface area contributed by atoms with E-state index in [1.165, 1.54) is 7.11 Å². The van der Waals surface area contributed by atoms with Crippen molar-refractivity contribution >= 4 is 11.8 Å². The number of likely N-dealkylation sites (tertiary alicyclic amines) is 1. The van der Waals surface area contributed by atoms with Crippen molar-refractivity contribution < 1.29 is 14.3 Å². The summed E-state index contributed by atoms with van der Waals surface area (Å²) in [5.74, 6) is 0.355. The molecule has 116 valence electrons. The summed E-state index contributed by atoms with van der Waals surface area (Å²) in [4.78, 5) is 25.3. The molecular formula is C14H27N3O3. The number of nitrogens with one attached hydrogen (secondary N) is 1. The highest BCUT2D eigenvalue weighted by Crippen LogP contribution is 2.12. The third-order valence-corrected chi connectivity index (χ3v) is 3.87. The molecule has 2 amide bonds. The number of hydrogen-bond donors (Lipinski definition) is 2. The van der Waals surface area contributed by atoms with Crippen LogP contribution in [-0.2, 0) is 14.3 Å². The highest BCUT2D eigenvalue weighted by molar-refractivity contribution is 5.78. The summed E-state index contributed by atoms with van der Waals surface area (Å²) in [6, 6.07) is 0.171. The fourth-order valence-electron chi connectivity index (χ4n) is 2.43. The van der Waals surface area contributed by atoms with Crippen LogP contribution in [0.4, 0.5) is 0 Å². The van der Waals surface area contributed by atoms with Crippen LogP contribution in [0.3, 0.4) is 0 Å². The molecule has 1 rings (SSSR count). The van der Waals surface area contributed by atoms with Gasteiger partial charge in [-0.25, -0.2) is 0 Å². The van der Waals surface area contributed by atoms with Gasteiger partial charge in [0.2, 0.25) is 11.8 Å². The molecule has 1 aliphatic heterocycles. The molecule has 0 saturated carbocycles. The van der Waals surface area contributed by atoms with Gasteiger partial charge in [-0.1, -0.05) is 13.3 Å². The maximum absolute atomic E-state index is 11.9. The Morgan fingerprint density at radius 1 is 1.40 bits per heavy atom. The van der Waals surface area contributed by atoms with E-state index < -0.39 is 0 Å². The molecule has 0 aromatic carbocycles. The molecule has 1 heterocycles. The fraction of sp³-hybridized carbons (Fsp3) is 0.857. The Hall–Kier alpha value is -1.14. The Morgan fingerprint density at radius 3 is 2.55 bits per heavy atom. The summed E-state index contributed by atoms with van der Waals surface area (Å²) >= 11 is 0. The molecule has 3 N–H and O–H groups in total. The van der Waals surface area contributed by atoms with Crippen molar-refractivity contribution in [3.8, 4) is 0 Å². The van der Waals surface area contributed by atoms with Crippen LogP contribution in [0.5, 0.6) is 0 Å². The molecule has 6 nitrogen and oxygen atoms in total. The summed E-state index contributed by atoms with van der Waals surface area (Å²) < 4.78 is 4.84. The molecule has 0 radical (unpaired) electrons. The van der Waals surface area contributed by atoms with E-state index >= 15 is 0 Å². The van der Waals surface area contributed by atoms with Gasteiger partial charge in [-0.2, -0.15) is 0 Å². The number of carbonyl (C=O) groups is 2. The molecular weight excluding hydrogens is 258 g/mol. The SMILES string of the molecule is CCC(CN)CC(=O)NC1CCN(C(=O)COC)CC1. The average Bonchev–Trinajstić information content (AvgIpc) is 2.45. The number of nitrogens with two attached hydrogens (primary N) is 1. The Balaban J connectivity index is 2.28. The van der Waals surface area contributed by atoms with E-state index in [9.17, 15) is 9.59 Å². The highest BCUT2D eigenvalue weighted by atomic mass is 16.5. The van der Waals surface area contributed by atoms with Crippen LogP contribution in [0, 0.1) is 5.92 Å². The normalized spacial score (nSPS) is 17.9. The molecule has 0 bridgehead atoms. The minimum absolute atomic E-state index is 0.0199. The Kier molecular flexibility index (Phi) is 7.54. The second-order valence-corrected chi connectivity index (χ2v) is 5.37. The lowest BCUT2D eigenvalue weighted by atomic mass is 10.0. The van der Waals surface area contributed by atoms with Crippen molar-refractivity contribution in [2.45, 2.75) is 38.6 Å². The first-order valence-electron chi connectivity index (χ1n) is 7.36. The van der Waals surface area contributed by atoms with Crippen LogP contribution in [0.25, 0.3) is 0 Å². The van der Waals surface area contributed by atoms with Crippen molar-refractivity contribution in [1.29, 1.82) is 0 Å². The first-order valence-corrected chi connectivity index (χ1v) is 7.36.